The number of halogens is 1. The number of rotatable bonds is 8. The van der Waals surface area contributed by atoms with E-state index >= 15 is 0 Å². The quantitative estimate of drug-likeness (QED) is 0.252. The zero-order valence-electron chi connectivity index (χ0n) is 10.9. The molecule has 0 bridgehead atoms. The van der Waals surface area contributed by atoms with Crippen molar-refractivity contribution in [2.45, 2.75) is 19.8 Å². The van der Waals surface area contributed by atoms with Crippen molar-refractivity contribution >= 4 is 21.8 Å². The molecule has 6 heteroatoms. The highest BCUT2D eigenvalue weighted by atomic mass is 79.9. The highest BCUT2D eigenvalue weighted by Gasteiger charge is 2.05. The van der Waals surface area contributed by atoms with Gasteiger partial charge >= 0.3 is 0 Å². The van der Waals surface area contributed by atoms with Gasteiger partial charge in [-0.3, -0.25) is 0 Å². The Morgan fingerprint density at radius 3 is 2.79 bits per heavy atom. The van der Waals surface area contributed by atoms with E-state index in [9.17, 15) is 0 Å². The smallest absolute Gasteiger partial charge is 0.170 e. The van der Waals surface area contributed by atoms with Crippen molar-refractivity contribution in [2.24, 2.45) is 10.9 Å². The molecule has 1 aromatic rings. The third-order valence-electron chi connectivity index (χ3n) is 2.46. The average molecular weight is 331 g/mol. The largest absolute Gasteiger partial charge is 0.490 e. The van der Waals surface area contributed by atoms with E-state index in [0.29, 0.717) is 24.5 Å². The lowest BCUT2D eigenvalue weighted by Gasteiger charge is -2.09. The fraction of sp³-hybridized carbons (Fsp3) is 0.462. The fourth-order valence-electron chi connectivity index (χ4n) is 1.39. The normalized spacial score (nSPS) is 11.6. The third-order valence-corrected chi connectivity index (χ3v) is 3.08. The lowest BCUT2D eigenvalue weighted by molar-refractivity contribution is 0.0978. The second kappa shape index (κ2) is 8.77. The monoisotopic (exact) mass is 330 g/mol. The van der Waals surface area contributed by atoms with Gasteiger partial charge in [-0.05, 0) is 40.5 Å². The van der Waals surface area contributed by atoms with Gasteiger partial charge in [0, 0.05) is 12.2 Å². The van der Waals surface area contributed by atoms with Gasteiger partial charge in [0.2, 0.25) is 0 Å². The van der Waals surface area contributed by atoms with E-state index < -0.39 is 0 Å². The van der Waals surface area contributed by atoms with Gasteiger partial charge in [0.25, 0.3) is 0 Å². The summed E-state index contributed by atoms with van der Waals surface area (Å²) in [6.07, 6.45) is 2.19. The minimum absolute atomic E-state index is 0.0650. The number of benzene rings is 1. The van der Waals surface area contributed by atoms with Gasteiger partial charge in [-0.2, -0.15) is 0 Å². The van der Waals surface area contributed by atoms with Gasteiger partial charge in [0.15, 0.2) is 5.84 Å². The minimum atomic E-state index is 0.0650. The number of nitrogens with zero attached hydrogens (tertiary/aromatic N) is 1. The highest BCUT2D eigenvalue weighted by Crippen LogP contribution is 2.25. The van der Waals surface area contributed by atoms with Crippen LogP contribution in [-0.2, 0) is 4.74 Å². The number of ether oxygens (including phenoxy) is 2. The third kappa shape index (κ3) is 5.48. The van der Waals surface area contributed by atoms with Crippen LogP contribution in [0.15, 0.2) is 27.8 Å². The first kappa shape index (κ1) is 15.8. The molecule has 106 valence electrons. The maximum atomic E-state index is 8.59. The summed E-state index contributed by atoms with van der Waals surface area (Å²) in [5.41, 5.74) is 6.13. The second-order valence-corrected chi connectivity index (χ2v) is 4.80. The predicted molar refractivity (Wildman–Crippen MR) is 77.9 cm³/mol. The summed E-state index contributed by atoms with van der Waals surface area (Å²) in [4.78, 5) is 0. The maximum absolute atomic E-state index is 8.59. The van der Waals surface area contributed by atoms with Crippen LogP contribution in [0.5, 0.6) is 5.75 Å². The van der Waals surface area contributed by atoms with Crippen molar-refractivity contribution in [1.82, 2.24) is 0 Å². The van der Waals surface area contributed by atoms with Gasteiger partial charge in [-0.15, -0.1) is 0 Å². The molecule has 0 spiro atoms. The van der Waals surface area contributed by atoms with Crippen molar-refractivity contribution in [3.05, 3.63) is 28.2 Å². The zero-order chi connectivity index (χ0) is 14.1. The Bertz CT molecular complexity index is 424. The van der Waals surface area contributed by atoms with E-state index in [-0.39, 0.29) is 5.84 Å². The average Bonchev–Trinajstić information content (AvgIpc) is 2.43. The molecule has 0 aromatic heterocycles. The van der Waals surface area contributed by atoms with Crippen LogP contribution in [-0.4, -0.2) is 30.9 Å². The summed E-state index contributed by atoms with van der Waals surface area (Å²) in [5.74, 6) is 0.767. The first-order valence-corrected chi connectivity index (χ1v) is 6.96. The van der Waals surface area contributed by atoms with Crippen LogP contribution in [0.2, 0.25) is 0 Å². The predicted octanol–water partition coefficient (Wildman–Crippen LogP) is 2.74. The first-order valence-electron chi connectivity index (χ1n) is 6.17. The van der Waals surface area contributed by atoms with Gasteiger partial charge in [-0.1, -0.05) is 18.5 Å². The molecule has 1 rings (SSSR count). The SMILES string of the molecule is CCCCOCCOc1ccc(/C(N)=N/O)cc1Br. The van der Waals surface area contributed by atoms with E-state index in [4.69, 9.17) is 20.4 Å². The van der Waals surface area contributed by atoms with Gasteiger partial charge in [-0.25, -0.2) is 0 Å². The number of oxime groups is 1. The Morgan fingerprint density at radius 2 is 2.16 bits per heavy atom. The van der Waals surface area contributed by atoms with E-state index in [2.05, 4.69) is 28.0 Å². The van der Waals surface area contributed by atoms with Gasteiger partial charge in [0.1, 0.15) is 12.4 Å². The van der Waals surface area contributed by atoms with Crippen LogP contribution in [0.1, 0.15) is 25.3 Å². The zero-order valence-corrected chi connectivity index (χ0v) is 12.5. The molecule has 19 heavy (non-hydrogen) atoms. The molecule has 0 aliphatic carbocycles. The van der Waals surface area contributed by atoms with Crippen LogP contribution >= 0.6 is 15.9 Å². The minimum Gasteiger partial charge on any atom is -0.490 e. The summed E-state index contributed by atoms with van der Waals surface area (Å²) in [6.45, 7) is 3.95. The molecule has 0 amide bonds. The molecule has 0 aliphatic heterocycles. The standard InChI is InChI=1S/C13H19BrN2O3/c1-2-3-6-18-7-8-19-12-5-4-10(9-11(12)14)13(15)16-17/h4-5,9,17H,2-3,6-8H2,1H3,(H2,15,16). The molecule has 0 radical (unpaired) electrons. The first-order chi connectivity index (χ1) is 9.19. The van der Waals surface area contributed by atoms with Crippen LogP contribution in [0.4, 0.5) is 0 Å². The Hall–Kier alpha value is -1.27. The number of unbranched alkanes of at least 4 members (excludes halogenated alkanes) is 1. The van der Waals surface area contributed by atoms with E-state index in [0.717, 1.165) is 23.9 Å². The summed E-state index contributed by atoms with van der Waals surface area (Å²) < 4.78 is 11.7. The summed E-state index contributed by atoms with van der Waals surface area (Å²) in [6, 6.07) is 5.24. The topological polar surface area (TPSA) is 77.1 Å². The van der Waals surface area contributed by atoms with E-state index in [1.165, 1.54) is 0 Å². The van der Waals surface area contributed by atoms with E-state index in [1.807, 2.05) is 0 Å². The molecule has 5 nitrogen and oxygen atoms in total. The van der Waals surface area contributed by atoms with Crippen LogP contribution < -0.4 is 10.5 Å². The van der Waals surface area contributed by atoms with Crippen molar-refractivity contribution in [2.75, 3.05) is 19.8 Å². The molecule has 0 heterocycles. The Morgan fingerprint density at radius 1 is 1.37 bits per heavy atom. The maximum Gasteiger partial charge on any atom is 0.170 e. The van der Waals surface area contributed by atoms with Crippen LogP contribution in [0.3, 0.4) is 0 Å². The molecule has 3 N–H and O–H groups in total. The molecule has 0 fully saturated rings. The van der Waals surface area contributed by atoms with E-state index in [1.54, 1.807) is 18.2 Å². The molecule has 0 unspecified atom stereocenters. The molecule has 0 saturated carbocycles. The number of nitrogens with two attached hydrogens (primary N) is 1. The Kier molecular flexibility index (Phi) is 7.28. The molecule has 0 atom stereocenters. The molecule has 0 aliphatic rings. The van der Waals surface area contributed by atoms with Crippen molar-refractivity contribution in [3.8, 4) is 5.75 Å². The molecule has 1 aromatic carbocycles. The van der Waals surface area contributed by atoms with Crippen molar-refractivity contribution in [3.63, 3.8) is 0 Å². The lowest BCUT2D eigenvalue weighted by Crippen LogP contribution is -2.13. The van der Waals surface area contributed by atoms with Crippen molar-refractivity contribution < 1.29 is 14.7 Å². The lowest BCUT2D eigenvalue weighted by atomic mass is 10.2. The van der Waals surface area contributed by atoms with Gasteiger partial charge in [0.05, 0.1) is 11.1 Å². The van der Waals surface area contributed by atoms with Crippen LogP contribution in [0, 0.1) is 0 Å². The molecular formula is C13H19BrN2O3. The second-order valence-electron chi connectivity index (χ2n) is 3.94. The summed E-state index contributed by atoms with van der Waals surface area (Å²) in [5, 5.41) is 11.5. The molecule has 0 saturated heterocycles. The number of hydrogen-bond donors (Lipinski definition) is 2. The Balaban J connectivity index is 2.43. The van der Waals surface area contributed by atoms with Crippen LogP contribution in [0.25, 0.3) is 0 Å². The highest BCUT2D eigenvalue weighted by molar-refractivity contribution is 9.10. The Labute approximate surface area is 121 Å². The summed E-state index contributed by atoms with van der Waals surface area (Å²) >= 11 is 3.38. The molecular weight excluding hydrogens is 312 g/mol. The van der Waals surface area contributed by atoms with Gasteiger partial charge < -0.3 is 20.4 Å². The fourth-order valence-corrected chi connectivity index (χ4v) is 1.89. The number of amidine groups is 1. The van der Waals surface area contributed by atoms with Crippen molar-refractivity contribution in [1.29, 1.82) is 0 Å². The summed E-state index contributed by atoms with van der Waals surface area (Å²) in [7, 11) is 0. The number of hydrogen-bond acceptors (Lipinski definition) is 4.